The number of hydrogen-bond donors (Lipinski definition) is 0. The highest BCUT2D eigenvalue weighted by atomic mass is 35.5. The van der Waals surface area contributed by atoms with E-state index in [0.29, 0.717) is 22.6 Å². The fourth-order valence-corrected chi connectivity index (χ4v) is 2.44. The number of pyridine rings is 1. The third kappa shape index (κ3) is 3.91. The lowest BCUT2D eigenvalue weighted by atomic mass is 10.1. The zero-order chi connectivity index (χ0) is 18.1. The lowest BCUT2D eigenvalue weighted by Crippen LogP contribution is -2.26. The van der Waals surface area contributed by atoms with E-state index >= 15 is 0 Å². The number of hydrogen-bond acceptors (Lipinski definition) is 3. The van der Waals surface area contributed by atoms with E-state index in [1.807, 2.05) is 0 Å². The summed E-state index contributed by atoms with van der Waals surface area (Å²) in [5, 5.41) is -0.455. The summed E-state index contributed by atoms with van der Waals surface area (Å²) in [4.78, 5) is 24.1. The molecule has 0 aliphatic rings. The molecule has 1 aromatic carbocycles. The molecule has 24 heavy (non-hydrogen) atoms. The number of nitrogens with zero attached hydrogens (tertiary/aromatic N) is 1. The van der Waals surface area contributed by atoms with Crippen molar-refractivity contribution in [2.24, 2.45) is 0 Å². The molecule has 0 aliphatic heterocycles. The average molecular weight is 380 g/mol. The van der Waals surface area contributed by atoms with Gasteiger partial charge in [-0.05, 0) is 24.3 Å². The molecule has 0 saturated carbocycles. The van der Waals surface area contributed by atoms with Crippen molar-refractivity contribution in [3.8, 4) is 5.75 Å². The van der Waals surface area contributed by atoms with Crippen LogP contribution in [0.5, 0.6) is 5.75 Å². The molecule has 1 aromatic heterocycles. The molecule has 2 aromatic rings. The van der Waals surface area contributed by atoms with Gasteiger partial charge in [0.2, 0.25) is 0 Å². The van der Waals surface area contributed by atoms with Gasteiger partial charge in [-0.3, -0.25) is 9.59 Å². The molecule has 9 heteroatoms. The molecule has 4 nitrogen and oxygen atoms in total. The molecular formula is C15H10Cl2F3NO3. The molecule has 0 saturated heterocycles. The second-order valence-corrected chi connectivity index (χ2v) is 5.59. The monoisotopic (exact) mass is 379 g/mol. The van der Waals surface area contributed by atoms with Crippen molar-refractivity contribution in [1.29, 1.82) is 0 Å². The smallest absolute Gasteiger partial charge is 0.417 e. The minimum atomic E-state index is -4.69. The van der Waals surface area contributed by atoms with Crippen molar-refractivity contribution in [3.05, 3.63) is 62.0 Å². The van der Waals surface area contributed by atoms with Gasteiger partial charge in [-0.25, -0.2) is 0 Å². The van der Waals surface area contributed by atoms with Gasteiger partial charge in [-0.1, -0.05) is 23.2 Å². The Morgan fingerprint density at radius 3 is 2.42 bits per heavy atom. The van der Waals surface area contributed by atoms with Crippen molar-refractivity contribution < 1.29 is 22.7 Å². The van der Waals surface area contributed by atoms with Gasteiger partial charge in [0.25, 0.3) is 5.56 Å². The topological polar surface area (TPSA) is 48.3 Å². The first-order valence-corrected chi connectivity index (χ1v) is 7.23. The maximum Gasteiger partial charge on any atom is 0.417 e. The lowest BCUT2D eigenvalue weighted by Gasteiger charge is -2.12. The van der Waals surface area contributed by atoms with E-state index in [1.54, 1.807) is 0 Å². The number of ether oxygens (including phenoxy) is 1. The second-order valence-electron chi connectivity index (χ2n) is 4.78. The molecule has 0 N–H and O–H groups in total. The Morgan fingerprint density at radius 1 is 1.21 bits per heavy atom. The number of alkyl halides is 3. The summed E-state index contributed by atoms with van der Waals surface area (Å²) in [6.07, 6.45) is -4.14. The molecule has 1 heterocycles. The summed E-state index contributed by atoms with van der Waals surface area (Å²) in [6, 6.07) is 4.67. The van der Waals surface area contributed by atoms with Crippen LogP contribution in [0, 0.1) is 0 Å². The van der Waals surface area contributed by atoms with Crippen LogP contribution < -0.4 is 10.3 Å². The molecule has 0 bridgehead atoms. The molecule has 0 fully saturated rings. The number of halogens is 5. The minimum Gasteiger partial charge on any atom is -0.495 e. The van der Waals surface area contributed by atoms with E-state index in [9.17, 15) is 22.8 Å². The highest BCUT2D eigenvalue weighted by Crippen LogP contribution is 2.30. The van der Waals surface area contributed by atoms with Crippen LogP contribution in [-0.2, 0) is 12.7 Å². The van der Waals surface area contributed by atoms with E-state index in [4.69, 9.17) is 27.9 Å². The zero-order valence-corrected chi connectivity index (χ0v) is 13.7. The Labute approximate surface area is 144 Å². The van der Waals surface area contributed by atoms with Crippen LogP contribution in [-0.4, -0.2) is 17.5 Å². The number of carbonyl (C=O) groups is 1. The maximum atomic E-state index is 12.8. The number of aromatic nitrogens is 1. The molecule has 0 unspecified atom stereocenters. The van der Waals surface area contributed by atoms with Crippen molar-refractivity contribution in [1.82, 2.24) is 4.57 Å². The number of rotatable bonds is 4. The third-order valence-corrected chi connectivity index (χ3v) is 3.72. The number of Topliss-reactive ketones (excluding diaryl/α,β-unsaturated/α-hetero) is 1. The molecule has 0 amide bonds. The van der Waals surface area contributed by atoms with Crippen molar-refractivity contribution in [3.63, 3.8) is 0 Å². The number of carbonyl (C=O) groups excluding carboxylic acids is 1. The van der Waals surface area contributed by atoms with Crippen LogP contribution in [0.3, 0.4) is 0 Å². The van der Waals surface area contributed by atoms with E-state index in [0.717, 1.165) is 0 Å². The van der Waals surface area contributed by atoms with E-state index in [-0.39, 0.29) is 10.6 Å². The quantitative estimate of drug-likeness (QED) is 0.752. The normalized spacial score (nSPS) is 11.4. The summed E-state index contributed by atoms with van der Waals surface area (Å²) >= 11 is 11.4. The standard InChI is InChI=1S/C15H10Cl2F3NO3/c1-24-13-3-2-8(4-10(13)16)12(22)7-21-6-9(15(18,19)20)5-11(17)14(21)23/h2-6H,7H2,1H3. The Morgan fingerprint density at radius 2 is 1.88 bits per heavy atom. The van der Waals surface area contributed by atoms with Crippen LogP contribution in [0.4, 0.5) is 13.2 Å². The SMILES string of the molecule is COc1ccc(C(=O)Cn2cc(C(F)(F)F)cc(Cl)c2=O)cc1Cl. The Kier molecular flexibility index (Phi) is 5.25. The highest BCUT2D eigenvalue weighted by molar-refractivity contribution is 6.32. The van der Waals surface area contributed by atoms with E-state index in [1.165, 1.54) is 25.3 Å². The molecule has 128 valence electrons. The molecular weight excluding hydrogens is 370 g/mol. The van der Waals surface area contributed by atoms with Gasteiger partial charge in [-0.15, -0.1) is 0 Å². The van der Waals surface area contributed by atoms with Crippen LogP contribution in [0.15, 0.2) is 35.3 Å². The maximum absolute atomic E-state index is 12.8. The van der Waals surface area contributed by atoms with E-state index in [2.05, 4.69) is 0 Å². The Balaban J connectivity index is 2.37. The van der Waals surface area contributed by atoms with Crippen molar-refractivity contribution in [2.75, 3.05) is 7.11 Å². The Bertz CT molecular complexity index is 847. The van der Waals surface area contributed by atoms with Crippen LogP contribution in [0.1, 0.15) is 15.9 Å². The molecule has 0 radical (unpaired) electrons. The van der Waals surface area contributed by atoms with Gasteiger partial charge in [0.05, 0.1) is 24.2 Å². The van der Waals surface area contributed by atoms with Crippen molar-refractivity contribution >= 4 is 29.0 Å². The third-order valence-electron chi connectivity index (χ3n) is 3.16. The second kappa shape index (κ2) is 6.86. The van der Waals surface area contributed by atoms with Crippen LogP contribution in [0.2, 0.25) is 10.0 Å². The number of benzene rings is 1. The van der Waals surface area contributed by atoms with Gasteiger partial charge in [0, 0.05) is 11.8 Å². The van der Waals surface area contributed by atoms with Gasteiger partial charge in [0.15, 0.2) is 5.78 Å². The van der Waals surface area contributed by atoms with Crippen LogP contribution in [0.25, 0.3) is 0 Å². The van der Waals surface area contributed by atoms with E-state index < -0.39 is 34.6 Å². The molecule has 0 spiro atoms. The lowest BCUT2D eigenvalue weighted by molar-refractivity contribution is -0.138. The highest BCUT2D eigenvalue weighted by Gasteiger charge is 2.32. The average Bonchev–Trinajstić information content (AvgIpc) is 2.50. The molecule has 2 rings (SSSR count). The molecule has 0 aliphatic carbocycles. The number of methoxy groups -OCH3 is 1. The summed E-state index contributed by atoms with van der Waals surface area (Å²) in [7, 11) is 1.40. The first-order valence-electron chi connectivity index (χ1n) is 6.47. The van der Waals surface area contributed by atoms with Crippen LogP contribution >= 0.6 is 23.2 Å². The fourth-order valence-electron chi connectivity index (χ4n) is 1.96. The zero-order valence-electron chi connectivity index (χ0n) is 12.2. The summed E-state index contributed by atoms with van der Waals surface area (Å²) in [5.74, 6) is -0.260. The van der Waals surface area contributed by atoms with Gasteiger partial charge < -0.3 is 9.30 Å². The molecule has 0 atom stereocenters. The largest absolute Gasteiger partial charge is 0.495 e. The first kappa shape index (κ1) is 18.4. The summed E-state index contributed by atoms with van der Waals surface area (Å²) in [5.41, 5.74) is -1.88. The van der Waals surface area contributed by atoms with Gasteiger partial charge in [-0.2, -0.15) is 13.2 Å². The summed E-state index contributed by atoms with van der Waals surface area (Å²) in [6.45, 7) is -0.606. The van der Waals surface area contributed by atoms with Crippen molar-refractivity contribution in [2.45, 2.75) is 12.7 Å². The predicted octanol–water partition coefficient (Wildman–Crippen LogP) is 4.07. The Hall–Kier alpha value is -1.99. The predicted molar refractivity (Wildman–Crippen MR) is 83.0 cm³/mol. The minimum absolute atomic E-state index is 0.126. The fraction of sp³-hybridized carbons (Fsp3) is 0.200. The number of ketones is 1. The van der Waals surface area contributed by atoms with Gasteiger partial charge in [0.1, 0.15) is 10.8 Å². The first-order chi connectivity index (χ1) is 11.1. The van der Waals surface area contributed by atoms with Gasteiger partial charge >= 0.3 is 6.18 Å². The summed E-state index contributed by atoms with van der Waals surface area (Å²) < 4.78 is 43.9.